The molecule has 0 saturated heterocycles. The van der Waals surface area contributed by atoms with Crippen molar-refractivity contribution in [2.24, 2.45) is 17.3 Å². The van der Waals surface area contributed by atoms with E-state index in [0.29, 0.717) is 24.5 Å². The molecule has 0 bridgehead atoms. The van der Waals surface area contributed by atoms with Gasteiger partial charge in [-0.15, -0.1) is 11.3 Å². The minimum atomic E-state index is -0.0505. The van der Waals surface area contributed by atoms with Crippen LogP contribution in [0.2, 0.25) is 0 Å². The van der Waals surface area contributed by atoms with Crippen LogP contribution in [0.5, 0.6) is 0 Å². The Morgan fingerprint density at radius 1 is 1.24 bits per heavy atom. The van der Waals surface area contributed by atoms with Crippen LogP contribution < -0.4 is 4.90 Å². The van der Waals surface area contributed by atoms with E-state index in [1.165, 1.54) is 5.57 Å². The minimum absolute atomic E-state index is 0.0142. The molecule has 1 aromatic heterocycles. The van der Waals surface area contributed by atoms with Crippen LogP contribution in [0.15, 0.2) is 23.1 Å². The molecule has 2 aliphatic rings. The van der Waals surface area contributed by atoms with Crippen LogP contribution >= 0.6 is 11.3 Å². The van der Waals surface area contributed by atoms with Crippen molar-refractivity contribution in [1.82, 2.24) is 0 Å². The third kappa shape index (κ3) is 5.60. The van der Waals surface area contributed by atoms with Crippen LogP contribution in [-0.2, 0) is 9.59 Å². The first-order valence-electron chi connectivity index (χ1n) is 10.8. The average Bonchev–Trinajstić information content (AvgIpc) is 3.10. The second-order valence-corrected chi connectivity index (χ2v) is 10.6. The number of Topliss-reactive ketones (excluding diaryl/α,β-unsaturated/α-hetero) is 1. The molecule has 0 aromatic carbocycles. The molecule has 1 aromatic rings. The van der Waals surface area contributed by atoms with Crippen molar-refractivity contribution in [3.05, 3.63) is 28.0 Å². The Balaban J connectivity index is 1.89. The van der Waals surface area contributed by atoms with Gasteiger partial charge >= 0.3 is 0 Å². The summed E-state index contributed by atoms with van der Waals surface area (Å²) in [5, 5.41) is 2.07. The molecule has 0 spiro atoms. The molecule has 1 amide bonds. The molecule has 1 fully saturated rings. The quantitative estimate of drug-likeness (QED) is 0.453. The maximum Gasteiger partial charge on any atom is 0.230 e. The van der Waals surface area contributed by atoms with Gasteiger partial charge in [-0.1, -0.05) is 30.4 Å². The summed E-state index contributed by atoms with van der Waals surface area (Å²) in [6.07, 6.45) is 6.70. The molecule has 0 unspecified atom stereocenters. The lowest BCUT2D eigenvalue weighted by molar-refractivity contribution is -0.126. The van der Waals surface area contributed by atoms with Crippen molar-refractivity contribution in [2.75, 3.05) is 4.90 Å². The van der Waals surface area contributed by atoms with E-state index in [9.17, 15) is 9.59 Å². The predicted octanol–water partition coefficient (Wildman–Crippen LogP) is 5.98. The van der Waals surface area contributed by atoms with E-state index in [4.69, 9.17) is 0 Å². The van der Waals surface area contributed by atoms with E-state index >= 15 is 0 Å². The van der Waals surface area contributed by atoms with Gasteiger partial charge in [0, 0.05) is 35.6 Å². The predicted molar refractivity (Wildman–Crippen MR) is 121 cm³/mol. The number of amides is 1. The summed E-state index contributed by atoms with van der Waals surface area (Å²) in [6.45, 7) is 10.6. The first-order valence-corrected chi connectivity index (χ1v) is 11.6. The van der Waals surface area contributed by atoms with E-state index in [-0.39, 0.29) is 23.3 Å². The van der Waals surface area contributed by atoms with E-state index in [1.807, 2.05) is 4.90 Å². The molecule has 29 heavy (non-hydrogen) atoms. The number of nitrogens with zero attached hydrogens (tertiary/aromatic N) is 1. The molecule has 0 N–H and O–H groups in total. The van der Waals surface area contributed by atoms with Crippen molar-refractivity contribution in [3.63, 3.8) is 0 Å². The second kappa shape index (κ2) is 8.88. The zero-order valence-electron chi connectivity index (χ0n) is 18.4. The van der Waals surface area contributed by atoms with E-state index in [2.05, 4.69) is 64.0 Å². The summed E-state index contributed by atoms with van der Waals surface area (Å²) in [7, 11) is 0. The van der Waals surface area contributed by atoms with Crippen molar-refractivity contribution >= 4 is 28.7 Å². The van der Waals surface area contributed by atoms with Crippen molar-refractivity contribution < 1.29 is 9.59 Å². The molecule has 2 aliphatic carbocycles. The number of carbonyl (C=O) groups excluding carboxylic acids is 2. The maximum absolute atomic E-state index is 13.7. The van der Waals surface area contributed by atoms with Gasteiger partial charge in [-0.3, -0.25) is 9.59 Å². The van der Waals surface area contributed by atoms with Crippen LogP contribution in [0.3, 0.4) is 0 Å². The van der Waals surface area contributed by atoms with Gasteiger partial charge < -0.3 is 4.90 Å². The van der Waals surface area contributed by atoms with Crippen LogP contribution in [-0.4, -0.2) is 17.7 Å². The summed E-state index contributed by atoms with van der Waals surface area (Å²) in [6, 6.07) is 2.17. The summed E-state index contributed by atoms with van der Waals surface area (Å²) < 4.78 is 0. The number of ketones is 1. The Bertz CT molecular complexity index is 851. The highest BCUT2D eigenvalue weighted by Gasteiger charge is 2.36. The Morgan fingerprint density at radius 2 is 1.93 bits per heavy atom. The smallest absolute Gasteiger partial charge is 0.230 e. The van der Waals surface area contributed by atoms with Crippen molar-refractivity contribution in [2.45, 2.75) is 79.2 Å². The number of hydrogen-bond donors (Lipinski definition) is 0. The highest BCUT2D eigenvalue weighted by Crippen LogP contribution is 2.36. The van der Waals surface area contributed by atoms with E-state index < -0.39 is 0 Å². The SMILES string of the molecule is CC1=CC[C@@H](C(=O)N(c2csc(C#CC(C)(C)C)c2)C2CCC(=O)CC2)[C@@H](C)C1. The summed E-state index contributed by atoms with van der Waals surface area (Å²) in [5.41, 5.74) is 2.29. The third-order valence-electron chi connectivity index (χ3n) is 5.91. The lowest BCUT2D eigenvalue weighted by Gasteiger charge is -2.38. The largest absolute Gasteiger partial charge is 0.308 e. The van der Waals surface area contributed by atoms with Gasteiger partial charge in [-0.2, -0.15) is 0 Å². The Morgan fingerprint density at radius 3 is 2.55 bits per heavy atom. The number of thiophene rings is 1. The number of allylic oxidation sites excluding steroid dienone is 2. The first kappa shape index (κ1) is 21.8. The molecule has 3 nitrogen and oxygen atoms in total. The molecule has 1 saturated carbocycles. The van der Waals surface area contributed by atoms with E-state index in [1.54, 1.807) is 11.3 Å². The summed E-state index contributed by atoms with van der Waals surface area (Å²) in [4.78, 5) is 28.5. The highest BCUT2D eigenvalue weighted by atomic mass is 32.1. The lowest BCUT2D eigenvalue weighted by Crippen LogP contribution is -2.47. The molecular formula is C25H33NO2S. The Hall–Kier alpha value is -1.86. The summed E-state index contributed by atoms with van der Waals surface area (Å²) in [5.74, 6) is 7.45. The molecule has 0 aliphatic heterocycles. The fraction of sp³-hybridized carbons (Fsp3) is 0.600. The Kier molecular flexibility index (Phi) is 6.69. The molecular weight excluding hydrogens is 378 g/mol. The maximum atomic E-state index is 13.7. The fourth-order valence-electron chi connectivity index (χ4n) is 4.28. The number of anilines is 1. The Labute approximate surface area is 179 Å². The van der Waals surface area contributed by atoms with Crippen LogP contribution in [0.1, 0.15) is 78.0 Å². The minimum Gasteiger partial charge on any atom is -0.308 e. The van der Waals surface area contributed by atoms with Gasteiger partial charge in [0.05, 0.1) is 10.6 Å². The van der Waals surface area contributed by atoms with Gasteiger partial charge in [0.1, 0.15) is 5.78 Å². The van der Waals surface area contributed by atoms with Crippen molar-refractivity contribution in [3.8, 4) is 11.8 Å². The average molecular weight is 412 g/mol. The molecule has 1 heterocycles. The monoisotopic (exact) mass is 411 g/mol. The molecule has 3 rings (SSSR count). The number of rotatable bonds is 3. The van der Waals surface area contributed by atoms with Gasteiger partial charge in [-0.25, -0.2) is 0 Å². The zero-order valence-corrected chi connectivity index (χ0v) is 19.2. The lowest BCUT2D eigenvalue weighted by atomic mass is 9.79. The zero-order chi connectivity index (χ0) is 21.2. The topological polar surface area (TPSA) is 37.4 Å². The highest BCUT2D eigenvalue weighted by molar-refractivity contribution is 7.11. The van der Waals surface area contributed by atoms with Crippen LogP contribution in [0, 0.1) is 29.1 Å². The molecule has 4 heteroatoms. The van der Waals surface area contributed by atoms with E-state index in [0.717, 1.165) is 36.2 Å². The standard InChI is InChI=1S/C25H33NO2S/c1-17-6-11-23(18(2)14-17)24(28)26(19-7-9-21(27)10-8-19)20-15-22(29-16-20)12-13-25(3,4)5/h6,15-16,18-19,23H,7-11,14H2,1-5H3/t18-,23+/m0/s1. The van der Waals surface area contributed by atoms with Gasteiger partial charge in [0.25, 0.3) is 0 Å². The third-order valence-corrected chi connectivity index (χ3v) is 6.74. The first-order chi connectivity index (χ1) is 13.6. The van der Waals surface area contributed by atoms with Crippen molar-refractivity contribution in [1.29, 1.82) is 0 Å². The molecule has 0 radical (unpaired) electrons. The van der Waals surface area contributed by atoms with Gasteiger partial charge in [-0.05, 0) is 65.4 Å². The van der Waals surface area contributed by atoms with Gasteiger partial charge in [0.15, 0.2) is 0 Å². The second-order valence-electron chi connectivity index (χ2n) is 9.72. The molecule has 2 atom stereocenters. The normalized spacial score (nSPS) is 23.2. The number of carbonyl (C=O) groups is 2. The van der Waals surface area contributed by atoms with Gasteiger partial charge in [0.2, 0.25) is 5.91 Å². The van der Waals surface area contributed by atoms with Crippen LogP contribution in [0.25, 0.3) is 0 Å². The fourth-order valence-corrected chi connectivity index (χ4v) is 5.01. The number of hydrogen-bond acceptors (Lipinski definition) is 3. The molecule has 156 valence electrons. The van der Waals surface area contributed by atoms with Crippen LogP contribution in [0.4, 0.5) is 5.69 Å². The summed E-state index contributed by atoms with van der Waals surface area (Å²) >= 11 is 1.60.